The van der Waals surface area contributed by atoms with Crippen LogP contribution in [0.15, 0.2) is 23.1 Å². The number of aliphatic carboxylic acids is 1. The van der Waals surface area contributed by atoms with Crippen molar-refractivity contribution in [1.82, 2.24) is 4.31 Å². The molecule has 6 nitrogen and oxygen atoms in total. The highest BCUT2D eigenvalue weighted by atomic mass is 32.2. The number of nitriles is 1. The number of benzene rings is 1. The van der Waals surface area contributed by atoms with Gasteiger partial charge in [0.25, 0.3) is 0 Å². The summed E-state index contributed by atoms with van der Waals surface area (Å²) < 4.78 is 39.1. The molecule has 21 heavy (non-hydrogen) atoms. The van der Waals surface area contributed by atoms with E-state index in [4.69, 9.17) is 10.4 Å². The molecule has 1 fully saturated rings. The highest BCUT2D eigenvalue weighted by molar-refractivity contribution is 7.89. The number of halogens is 1. The molecule has 1 heterocycles. The van der Waals surface area contributed by atoms with Gasteiger partial charge in [0.15, 0.2) is 0 Å². The number of carboxylic acid groups (broad SMARTS) is 1. The monoisotopic (exact) mass is 312 g/mol. The zero-order valence-corrected chi connectivity index (χ0v) is 11.8. The number of sulfonamides is 1. The molecule has 112 valence electrons. The van der Waals surface area contributed by atoms with Crippen molar-refractivity contribution < 1.29 is 22.7 Å². The van der Waals surface area contributed by atoms with Gasteiger partial charge in [0.05, 0.1) is 11.5 Å². The fraction of sp³-hybridized carbons (Fsp3) is 0.385. The maximum atomic E-state index is 13.1. The Hall–Kier alpha value is -1.98. The fourth-order valence-corrected chi connectivity index (χ4v) is 3.89. The van der Waals surface area contributed by atoms with Gasteiger partial charge in [-0.2, -0.15) is 9.57 Å². The number of nitrogens with zero attached hydrogens (tertiary/aromatic N) is 2. The summed E-state index contributed by atoms with van der Waals surface area (Å²) in [5.74, 6) is -2.18. The molecule has 0 bridgehead atoms. The summed E-state index contributed by atoms with van der Waals surface area (Å²) in [7, 11) is -3.92. The van der Waals surface area contributed by atoms with Crippen molar-refractivity contribution in [3.8, 4) is 6.07 Å². The van der Waals surface area contributed by atoms with Gasteiger partial charge in [-0.05, 0) is 31.0 Å². The van der Waals surface area contributed by atoms with E-state index >= 15 is 0 Å². The molecule has 1 aromatic rings. The molecular formula is C13H13FN2O4S. The molecule has 0 aliphatic carbocycles. The second-order valence-electron chi connectivity index (χ2n) is 4.77. The molecule has 0 atom stereocenters. The average Bonchev–Trinajstić information content (AvgIpc) is 2.46. The quantitative estimate of drug-likeness (QED) is 0.903. The Balaban J connectivity index is 2.28. The Morgan fingerprint density at radius 1 is 1.38 bits per heavy atom. The van der Waals surface area contributed by atoms with Crippen molar-refractivity contribution in [1.29, 1.82) is 5.26 Å². The molecular weight excluding hydrogens is 299 g/mol. The number of hydrogen-bond donors (Lipinski definition) is 1. The van der Waals surface area contributed by atoms with Gasteiger partial charge in [0, 0.05) is 13.1 Å². The lowest BCUT2D eigenvalue weighted by Crippen LogP contribution is -2.40. The van der Waals surface area contributed by atoms with Gasteiger partial charge in [-0.1, -0.05) is 0 Å². The van der Waals surface area contributed by atoms with Crippen molar-refractivity contribution in [3.63, 3.8) is 0 Å². The predicted octanol–water partition coefficient (Wildman–Crippen LogP) is 1.18. The van der Waals surface area contributed by atoms with E-state index in [9.17, 15) is 17.6 Å². The Morgan fingerprint density at radius 2 is 2.00 bits per heavy atom. The highest BCUT2D eigenvalue weighted by Gasteiger charge is 2.33. The summed E-state index contributed by atoms with van der Waals surface area (Å²) in [6, 6.07) is 4.59. The van der Waals surface area contributed by atoms with Crippen LogP contribution >= 0.6 is 0 Å². The van der Waals surface area contributed by atoms with Crippen molar-refractivity contribution in [2.75, 3.05) is 13.1 Å². The lowest BCUT2D eigenvalue weighted by atomic mass is 9.99. The summed E-state index contributed by atoms with van der Waals surface area (Å²) >= 11 is 0. The molecule has 0 amide bonds. The topological polar surface area (TPSA) is 98.5 Å². The first-order valence-electron chi connectivity index (χ1n) is 6.29. The maximum absolute atomic E-state index is 13.1. The standard InChI is InChI=1S/C13H13FN2O4S/c14-11-1-2-12(10(7-11)8-15)21(19,20)16-5-3-9(4-6-16)13(17)18/h1-2,7,9H,3-6H2,(H,17,18). The number of piperidine rings is 1. The fourth-order valence-electron chi connectivity index (χ4n) is 2.30. The van der Waals surface area contributed by atoms with Crippen molar-refractivity contribution in [2.24, 2.45) is 5.92 Å². The van der Waals surface area contributed by atoms with Gasteiger partial charge in [-0.3, -0.25) is 4.79 Å². The molecule has 1 aliphatic heterocycles. The van der Waals surface area contributed by atoms with Crippen LogP contribution < -0.4 is 0 Å². The van der Waals surface area contributed by atoms with Crippen LogP contribution in [0.5, 0.6) is 0 Å². The van der Waals surface area contributed by atoms with Gasteiger partial charge in [-0.15, -0.1) is 0 Å². The van der Waals surface area contributed by atoms with E-state index < -0.39 is 27.7 Å². The second-order valence-corrected chi connectivity index (χ2v) is 6.68. The molecule has 2 rings (SSSR count). The third-order valence-corrected chi connectivity index (χ3v) is 5.44. The minimum Gasteiger partial charge on any atom is -0.481 e. The van der Waals surface area contributed by atoms with Crippen LogP contribution in [0, 0.1) is 23.1 Å². The predicted molar refractivity (Wildman–Crippen MR) is 70.2 cm³/mol. The highest BCUT2D eigenvalue weighted by Crippen LogP contribution is 2.26. The van der Waals surface area contributed by atoms with Crippen LogP contribution in [0.4, 0.5) is 4.39 Å². The Bertz CT molecular complexity index is 703. The molecule has 0 unspecified atom stereocenters. The van der Waals surface area contributed by atoms with Crippen LogP contribution in [0.2, 0.25) is 0 Å². The minimum absolute atomic E-state index is 0.0710. The van der Waals surface area contributed by atoms with Gasteiger partial charge in [-0.25, -0.2) is 12.8 Å². The molecule has 1 saturated heterocycles. The van der Waals surface area contributed by atoms with E-state index in [1.807, 2.05) is 0 Å². The van der Waals surface area contributed by atoms with E-state index in [0.717, 1.165) is 22.5 Å². The van der Waals surface area contributed by atoms with Crippen LogP contribution in [0.3, 0.4) is 0 Å². The zero-order valence-electron chi connectivity index (χ0n) is 11.0. The van der Waals surface area contributed by atoms with Gasteiger partial charge >= 0.3 is 5.97 Å². The maximum Gasteiger partial charge on any atom is 0.306 e. The smallest absolute Gasteiger partial charge is 0.306 e. The molecule has 1 N–H and O–H groups in total. The molecule has 8 heteroatoms. The van der Waals surface area contributed by atoms with Crippen LogP contribution in [0.1, 0.15) is 18.4 Å². The molecule has 0 aromatic heterocycles. The first-order chi connectivity index (χ1) is 9.86. The Labute approximate surface area is 121 Å². The number of hydrogen-bond acceptors (Lipinski definition) is 4. The molecule has 1 aromatic carbocycles. The number of carboxylic acids is 1. The molecule has 1 aliphatic rings. The van der Waals surface area contributed by atoms with Crippen molar-refractivity contribution in [3.05, 3.63) is 29.6 Å². The molecule has 0 spiro atoms. The van der Waals surface area contributed by atoms with Crippen LogP contribution in [0.25, 0.3) is 0 Å². The summed E-state index contributed by atoms with van der Waals surface area (Å²) in [5, 5.41) is 17.8. The van der Waals surface area contributed by atoms with Gasteiger partial charge in [0.2, 0.25) is 10.0 Å². The number of carbonyl (C=O) groups is 1. The van der Waals surface area contributed by atoms with E-state index in [1.54, 1.807) is 6.07 Å². The van der Waals surface area contributed by atoms with Crippen LogP contribution in [-0.4, -0.2) is 36.9 Å². The first-order valence-corrected chi connectivity index (χ1v) is 7.73. The molecule has 0 radical (unpaired) electrons. The minimum atomic E-state index is -3.92. The zero-order chi connectivity index (χ0) is 15.6. The van der Waals surface area contributed by atoms with Crippen molar-refractivity contribution in [2.45, 2.75) is 17.7 Å². The Morgan fingerprint density at radius 3 is 2.52 bits per heavy atom. The largest absolute Gasteiger partial charge is 0.481 e. The van der Waals surface area contributed by atoms with Gasteiger partial charge < -0.3 is 5.11 Å². The van der Waals surface area contributed by atoms with E-state index in [1.165, 1.54) is 0 Å². The third-order valence-electron chi connectivity index (χ3n) is 3.48. The van der Waals surface area contributed by atoms with Crippen LogP contribution in [-0.2, 0) is 14.8 Å². The van der Waals surface area contributed by atoms with E-state index in [0.29, 0.717) is 0 Å². The van der Waals surface area contributed by atoms with E-state index in [-0.39, 0.29) is 36.4 Å². The Kier molecular flexibility index (Phi) is 4.25. The summed E-state index contributed by atoms with van der Waals surface area (Å²) in [5.41, 5.74) is -0.254. The summed E-state index contributed by atoms with van der Waals surface area (Å²) in [6.07, 6.45) is 0.440. The third kappa shape index (κ3) is 3.04. The summed E-state index contributed by atoms with van der Waals surface area (Å²) in [6.45, 7) is 0.142. The van der Waals surface area contributed by atoms with Crippen molar-refractivity contribution >= 4 is 16.0 Å². The average molecular weight is 312 g/mol. The first kappa shape index (κ1) is 15.4. The lowest BCUT2D eigenvalue weighted by Gasteiger charge is -2.29. The van der Waals surface area contributed by atoms with Gasteiger partial charge in [0.1, 0.15) is 16.8 Å². The SMILES string of the molecule is N#Cc1cc(F)ccc1S(=O)(=O)N1CCC(C(=O)O)CC1. The normalized spacial score (nSPS) is 17.3. The van der Waals surface area contributed by atoms with E-state index in [2.05, 4.69) is 0 Å². The second kappa shape index (κ2) is 5.79. The molecule has 0 saturated carbocycles. The number of rotatable bonds is 3. The lowest BCUT2D eigenvalue weighted by molar-refractivity contribution is -0.142. The summed E-state index contributed by atoms with van der Waals surface area (Å²) in [4.78, 5) is 10.6.